The highest BCUT2D eigenvalue weighted by Crippen LogP contribution is 2.37. The predicted molar refractivity (Wildman–Crippen MR) is 52.4 cm³/mol. The Morgan fingerprint density at radius 3 is 1.88 bits per heavy atom. The van der Waals surface area contributed by atoms with Gasteiger partial charge in [-0.3, -0.25) is 0 Å². The van der Waals surface area contributed by atoms with Gasteiger partial charge in [0.25, 0.3) is 0 Å². The maximum absolute atomic E-state index is 10.8. The van der Waals surface area contributed by atoms with Gasteiger partial charge in [0.1, 0.15) is 5.60 Å². The Morgan fingerprint density at radius 1 is 1.19 bits per heavy atom. The van der Waals surface area contributed by atoms with Crippen LogP contribution in [0.25, 0.3) is 0 Å². The summed E-state index contributed by atoms with van der Waals surface area (Å²) in [6.45, 7) is 1.17. The fourth-order valence-corrected chi connectivity index (χ4v) is 2.59. The van der Waals surface area contributed by atoms with Crippen LogP contribution in [0.4, 0.5) is 9.59 Å². The van der Waals surface area contributed by atoms with Gasteiger partial charge in [0.05, 0.1) is 13.1 Å². The van der Waals surface area contributed by atoms with Gasteiger partial charge in [-0.2, -0.15) is 0 Å². The van der Waals surface area contributed by atoms with Crippen LogP contribution < -0.4 is 0 Å². The lowest BCUT2D eigenvalue weighted by Crippen LogP contribution is -2.43. The minimum atomic E-state index is -0.979. The largest absolute Gasteiger partial charge is 0.465 e. The number of ether oxygens (including phenoxy) is 1. The second-order valence-corrected chi connectivity index (χ2v) is 4.29. The standard InChI is InChI=1S/C9H14N2O5/c1-16-9-4-10(7(12)13)2-6(9)3-11(5-9)8(14)15/h6H,2-5H2,1H3,(H,12,13)(H,14,15). The van der Waals surface area contributed by atoms with Crippen molar-refractivity contribution in [3.8, 4) is 0 Å². The molecule has 2 aliphatic rings. The number of nitrogens with zero attached hydrogens (tertiary/aromatic N) is 2. The van der Waals surface area contributed by atoms with Crippen LogP contribution in [-0.2, 0) is 4.74 Å². The van der Waals surface area contributed by atoms with Gasteiger partial charge < -0.3 is 24.7 Å². The highest BCUT2D eigenvalue weighted by Gasteiger charge is 2.55. The van der Waals surface area contributed by atoms with Crippen molar-refractivity contribution in [2.24, 2.45) is 5.92 Å². The maximum Gasteiger partial charge on any atom is 0.407 e. The van der Waals surface area contributed by atoms with Crippen molar-refractivity contribution >= 4 is 12.2 Å². The van der Waals surface area contributed by atoms with Crippen LogP contribution in [0.3, 0.4) is 0 Å². The van der Waals surface area contributed by atoms with Crippen molar-refractivity contribution in [2.75, 3.05) is 33.3 Å². The fourth-order valence-electron chi connectivity index (χ4n) is 2.59. The van der Waals surface area contributed by atoms with E-state index in [1.807, 2.05) is 0 Å². The average Bonchev–Trinajstić information content (AvgIpc) is 2.70. The number of carbonyl (C=O) groups is 2. The maximum atomic E-state index is 10.8. The lowest BCUT2D eigenvalue weighted by Gasteiger charge is -2.26. The van der Waals surface area contributed by atoms with Gasteiger partial charge in [0, 0.05) is 26.1 Å². The molecule has 2 saturated heterocycles. The van der Waals surface area contributed by atoms with E-state index in [0.29, 0.717) is 13.1 Å². The van der Waals surface area contributed by atoms with E-state index in [1.54, 1.807) is 0 Å². The van der Waals surface area contributed by atoms with Crippen LogP contribution in [0.2, 0.25) is 0 Å². The molecular formula is C9H14N2O5. The number of amides is 2. The van der Waals surface area contributed by atoms with E-state index in [-0.39, 0.29) is 19.0 Å². The number of methoxy groups -OCH3 is 1. The molecule has 16 heavy (non-hydrogen) atoms. The molecular weight excluding hydrogens is 216 g/mol. The van der Waals surface area contributed by atoms with Crippen LogP contribution in [0, 0.1) is 5.92 Å². The molecule has 7 nitrogen and oxygen atoms in total. The first-order chi connectivity index (χ1) is 7.48. The van der Waals surface area contributed by atoms with Crippen molar-refractivity contribution in [3.63, 3.8) is 0 Å². The molecule has 90 valence electrons. The smallest absolute Gasteiger partial charge is 0.407 e. The third-order valence-corrected chi connectivity index (χ3v) is 3.49. The van der Waals surface area contributed by atoms with E-state index in [0.717, 1.165) is 0 Å². The molecule has 0 spiro atoms. The van der Waals surface area contributed by atoms with Crippen molar-refractivity contribution in [2.45, 2.75) is 5.60 Å². The van der Waals surface area contributed by atoms with Gasteiger partial charge in [-0.25, -0.2) is 9.59 Å². The molecule has 2 rings (SSSR count). The Morgan fingerprint density at radius 2 is 1.62 bits per heavy atom. The zero-order chi connectivity index (χ0) is 11.9. The minimum Gasteiger partial charge on any atom is -0.465 e. The van der Waals surface area contributed by atoms with Crippen LogP contribution in [-0.4, -0.2) is 71.1 Å². The highest BCUT2D eigenvalue weighted by atomic mass is 16.5. The molecule has 0 atom stereocenters. The van der Waals surface area contributed by atoms with Crippen molar-refractivity contribution in [3.05, 3.63) is 0 Å². The van der Waals surface area contributed by atoms with Gasteiger partial charge in [-0.1, -0.05) is 0 Å². The second kappa shape index (κ2) is 3.51. The van der Waals surface area contributed by atoms with Crippen molar-refractivity contribution < 1.29 is 24.5 Å². The number of hydrogen-bond donors (Lipinski definition) is 2. The van der Waals surface area contributed by atoms with Gasteiger partial charge in [-0.05, 0) is 0 Å². The molecule has 2 N–H and O–H groups in total. The molecule has 0 unspecified atom stereocenters. The van der Waals surface area contributed by atoms with E-state index >= 15 is 0 Å². The molecule has 0 radical (unpaired) electrons. The normalized spacial score (nSPS) is 32.9. The molecule has 0 aromatic heterocycles. The van der Waals surface area contributed by atoms with E-state index in [1.165, 1.54) is 16.9 Å². The summed E-state index contributed by atoms with van der Waals surface area (Å²) in [6, 6.07) is 0. The quantitative estimate of drug-likeness (QED) is 0.660. The summed E-state index contributed by atoms with van der Waals surface area (Å²) in [5, 5.41) is 17.8. The van der Waals surface area contributed by atoms with E-state index in [2.05, 4.69) is 0 Å². The molecule has 2 heterocycles. The summed E-state index contributed by atoms with van der Waals surface area (Å²) in [4.78, 5) is 24.3. The summed E-state index contributed by atoms with van der Waals surface area (Å²) in [7, 11) is 1.50. The third-order valence-electron chi connectivity index (χ3n) is 3.49. The molecule has 0 aromatic rings. The Kier molecular flexibility index (Phi) is 2.42. The van der Waals surface area contributed by atoms with Crippen molar-refractivity contribution in [1.82, 2.24) is 9.80 Å². The predicted octanol–water partition coefficient (Wildman–Crippen LogP) is -0.0250. The molecule has 2 amide bonds. The van der Waals surface area contributed by atoms with E-state index in [9.17, 15) is 9.59 Å². The first-order valence-corrected chi connectivity index (χ1v) is 4.99. The van der Waals surface area contributed by atoms with Crippen LogP contribution in [0.1, 0.15) is 0 Å². The molecule has 0 bridgehead atoms. The SMILES string of the molecule is COC12CN(C(=O)O)CC1CN(C(=O)O)C2. The van der Waals surface area contributed by atoms with E-state index < -0.39 is 17.8 Å². The van der Waals surface area contributed by atoms with E-state index in [4.69, 9.17) is 14.9 Å². The number of carboxylic acid groups (broad SMARTS) is 2. The lowest BCUT2D eigenvalue weighted by atomic mass is 9.95. The molecule has 0 aliphatic carbocycles. The number of hydrogen-bond acceptors (Lipinski definition) is 3. The molecule has 2 fully saturated rings. The Balaban J connectivity index is 2.14. The van der Waals surface area contributed by atoms with Crippen LogP contribution in [0.15, 0.2) is 0 Å². The van der Waals surface area contributed by atoms with Gasteiger partial charge in [0.15, 0.2) is 0 Å². The Bertz CT molecular complexity index is 306. The number of fused-ring (bicyclic) bond motifs is 1. The minimum absolute atomic E-state index is 0.0651. The zero-order valence-electron chi connectivity index (χ0n) is 8.92. The fraction of sp³-hybridized carbons (Fsp3) is 0.778. The summed E-state index contributed by atoms with van der Waals surface area (Å²) in [6.07, 6.45) is -1.96. The van der Waals surface area contributed by atoms with Gasteiger partial charge in [0.2, 0.25) is 0 Å². The number of rotatable bonds is 1. The first kappa shape index (κ1) is 11.0. The van der Waals surface area contributed by atoms with Crippen LogP contribution in [0.5, 0.6) is 0 Å². The Hall–Kier alpha value is -1.50. The lowest BCUT2D eigenvalue weighted by molar-refractivity contribution is -0.0109. The number of likely N-dealkylation sites (tertiary alicyclic amines) is 2. The third kappa shape index (κ3) is 1.47. The summed E-state index contributed by atoms with van der Waals surface area (Å²) in [5.74, 6) is -0.0651. The molecule has 0 aromatic carbocycles. The highest BCUT2D eigenvalue weighted by molar-refractivity contribution is 5.67. The second-order valence-electron chi connectivity index (χ2n) is 4.29. The summed E-state index contributed by atoms with van der Waals surface area (Å²) < 4.78 is 5.37. The topological polar surface area (TPSA) is 90.3 Å². The summed E-state index contributed by atoms with van der Waals surface area (Å²) >= 11 is 0. The van der Waals surface area contributed by atoms with Crippen molar-refractivity contribution in [1.29, 1.82) is 0 Å². The zero-order valence-corrected chi connectivity index (χ0v) is 8.92. The first-order valence-electron chi connectivity index (χ1n) is 4.99. The molecule has 0 saturated carbocycles. The summed E-state index contributed by atoms with van der Waals surface area (Å²) in [5.41, 5.74) is -0.656. The van der Waals surface area contributed by atoms with Gasteiger partial charge >= 0.3 is 12.2 Å². The average molecular weight is 230 g/mol. The molecule has 7 heteroatoms. The van der Waals surface area contributed by atoms with Crippen LogP contribution >= 0.6 is 0 Å². The monoisotopic (exact) mass is 230 g/mol. The Labute approximate surface area is 92.2 Å². The van der Waals surface area contributed by atoms with Gasteiger partial charge in [-0.15, -0.1) is 0 Å². The molecule has 2 aliphatic heterocycles.